The Morgan fingerprint density at radius 2 is 1.75 bits per heavy atom. The smallest absolute Gasteiger partial charge is 0.455 e. The molecule has 0 unspecified atom stereocenters. The number of nitrogens with zero attached hydrogens (tertiary/aromatic N) is 1. The van der Waals surface area contributed by atoms with Crippen LogP contribution in [0, 0.1) is 0 Å². The minimum absolute atomic E-state index is 0.00926. The first-order valence-electron chi connectivity index (χ1n) is 7.53. The number of nitrogens with one attached hydrogen (secondary N) is 1. The summed E-state index contributed by atoms with van der Waals surface area (Å²) in [4.78, 5) is 2.66. The standard InChI is InChI=1S/C9H8F5NO.C7H5NO3S/c10-8(11,9(12,13)14)6-16-5-7-2-1-3-15-4-7;9-7-5-3-1-2-4-6(5)12(10,11)8-7/h1-4H,5-6H2;1-4H,(H,8,9). The number of pyridine rings is 1. The van der Waals surface area contributed by atoms with Gasteiger partial charge >= 0.3 is 12.1 Å². The maximum Gasteiger partial charge on any atom is 0.455 e. The fraction of sp³-hybridized carbons (Fsp3) is 0.250. The molecule has 0 bridgehead atoms. The van der Waals surface area contributed by atoms with E-state index in [4.69, 9.17) is 0 Å². The number of hydrogen-bond acceptors (Lipinski definition) is 4. The Hall–Kier alpha value is -2.60. The third-order valence-electron chi connectivity index (χ3n) is 3.34. The van der Waals surface area contributed by atoms with Crippen LogP contribution in [-0.2, 0) is 21.4 Å². The molecule has 2 heterocycles. The lowest BCUT2D eigenvalue weighted by molar-refractivity contribution is -0.379. The molecule has 3 rings (SSSR count). The van der Waals surface area contributed by atoms with Crippen LogP contribution in [0.5, 0.6) is 0 Å². The number of H-pyrrole nitrogens is 1. The van der Waals surface area contributed by atoms with Crippen LogP contribution in [0.2, 0.25) is 0 Å². The van der Waals surface area contributed by atoms with E-state index in [0.717, 1.165) is 0 Å². The number of benzene rings is 1. The van der Waals surface area contributed by atoms with Gasteiger partial charge in [0.25, 0.3) is 10.0 Å². The molecule has 6 nitrogen and oxygen atoms in total. The van der Waals surface area contributed by atoms with E-state index in [1.165, 1.54) is 18.3 Å². The van der Waals surface area contributed by atoms with E-state index in [9.17, 15) is 35.5 Å². The van der Waals surface area contributed by atoms with E-state index in [-0.39, 0.29) is 17.1 Å². The van der Waals surface area contributed by atoms with Gasteiger partial charge in [-0.05, 0) is 12.1 Å². The molecule has 0 atom stereocenters. The second-order valence-electron chi connectivity index (χ2n) is 5.47. The van der Waals surface area contributed by atoms with Gasteiger partial charge < -0.3 is 9.84 Å². The fourth-order valence-corrected chi connectivity index (χ4v) is 3.07. The van der Waals surface area contributed by atoms with Gasteiger partial charge in [-0.3, -0.25) is 0 Å². The van der Waals surface area contributed by atoms with Gasteiger partial charge in [-0.25, -0.2) is 4.98 Å². The third kappa shape index (κ3) is 5.23. The highest BCUT2D eigenvalue weighted by Crippen LogP contribution is 2.35. The first-order valence-corrected chi connectivity index (χ1v) is 8.97. The number of alkyl halides is 5. The second kappa shape index (κ2) is 8.19. The highest BCUT2D eigenvalue weighted by Gasteiger charge is 2.57. The van der Waals surface area contributed by atoms with Gasteiger partial charge in [0.05, 0.1) is 11.5 Å². The van der Waals surface area contributed by atoms with Gasteiger partial charge in [-0.2, -0.15) is 34.8 Å². The zero-order valence-electron chi connectivity index (χ0n) is 13.9. The summed E-state index contributed by atoms with van der Waals surface area (Å²) in [5.41, 5.74) is 0.651. The molecule has 1 aliphatic heterocycles. The Morgan fingerprint density at radius 3 is 2.32 bits per heavy atom. The van der Waals surface area contributed by atoms with E-state index in [1.807, 2.05) is 0 Å². The Morgan fingerprint density at radius 1 is 1.07 bits per heavy atom. The summed E-state index contributed by atoms with van der Waals surface area (Å²) in [6.07, 6.45) is -2.55. The molecule has 12 heteroatoms. The molecule has 0 aliphatic carbocycles. The van der Waals surface area contributed by atoms with Crippen LogP contribution in [-0.4, -0.2) is 33.0 Å². The zero-order valence-corrected chi connectivity index (χ0v) is 14.7. The van der Waals surface area contributed by atoms with Crippen molar-refractivity contribution >= 4 is 15.9 Å². The molecular formula is C16H13F5N2O4S. The first-order chi connectivity index (χ1) is 12.9. The van der Waals surface area contributed by atoms with E-state index in [1.54, 1.807) is 30.5 Å². The van der Waals surface area contributed by atoms with Crippen molar-refractivity contribution in [1.29, 1.82) is 0 Å². The lowest BCUT2D eigenvalue weighted by atomic mass is 10.2. The summed E-state index contributed by atoms with van der Waals surface area (Å²) in [5, 5.41) is 10.9. The summed E-state index contributed by atoms with van der Waals surface area (Å²) >= 11 is 0. The predicted octanol–water partition coefficient (Wildman–Crippen LogP) is 1.71. The molecular weight excluding hydrogens is 411 g/mol. The molecule has 0 amide bonds. The largest absolute Gasteiger partial charge is 0.858 e. The van der Waals surface area contributed by atoms with Gasteiger partial charge in [0.2, 0.25) is 0 Å². The summed E-state index contributed by atoms with van der Waals surface area (Å²) in [5.74, 6) is -5.49. The monoisotopic (exact) mass is 424 g/mol. The second-order valence-corrected chi connectivity index (χ2v) is 7.05. The lowest BCUT2D eigenvalue weighted by Gasteiger charge is -2.19. The van der Waals surface area contributed by atoms with E-state index >= 15 is 0 Å². The van der Waals surface area contributed by atoms with Crippen LogP contribution in [0.4, 0.5) is 22.0 Å². The van der Waals surface area contributed by atoms with Crippen molar-refractivity contribution in [1.82, 2.24) is 0 Å². The molecule has 0 saturated heterocycles. The number of aromatic nitrogens is 1. The Kier molecular flexibility index (Phi) is 6.34. The SMILES string of the molecule is FC(F)(F)C(F)(F)COCc1ccc[nH+]c1.O=S1(=O)N=C([O-])c2ccccc21. The van der Waals surface area contributed by atoms with E-state index < -0.39 is 34.6 Å². The molecule has 1 aliphatic rings. The van der Waals surface area contributed by atoms with Crippen LogP contribution in [0.15, 0.2) is 58.1 Å². The van der Waals surface area contributed by atoms with Crippen molar-refractivity contribution < 1.29 is 45.2 Å². The molecule has 0 fully saturated rings. The number of fused-ring (bicyclic) bond motifs is 1. The highest BCUT2D eigenvalue weighted by atomic mass is 32.2. The summed E-state index contributed by atoms with van der Waals surface area (Å²) in [6.45, 7) is -1.98. The molecule has 0 spiro atoms. The molecule has 0 radical (unpaired) electrons. The third-order valence-corrected chi connectivity index (χ3v) is 4.65. The van der Waals surface area contributed by atoms with Crippen LogP contribution < -0.4 is 10.1 Å². The number of rotatable bonds is 4. The van der Waals surface area contributed by atoms with Crippen LogP contribution in [0.1, 0.15) is 11.1 Å². The Labute approximate surface area is 156 Å². The molecule has 2 aromatic rings. The first kappa shape index (κ1) is 21.7. The number of sulfonamides is 1. The maximum absolute atomic E-state index is 12.4. The minimum Gasteiger partial charge on any atom is -0.858 e. The van der Waals surface area contributed by atoms with Gasteiger partial charge in [-0.1, -0.05) is 18.2 Å². The Balaban J connectivity index is 0.000000207. The highest BCUT2D eigenvalue weighted by molar-refractivity contribution is 7.90. The average Bonchev–Trinajstić information content (AvgIpc) is 2.85. The van der Waals surface area contributed by atoms with Crippen LogP contribution in [0.25, 0.3) is 0 Å². The van der Waals surface area contributed by atoms with Crippen LogP contribution in [0.3, 0.4) is 0 Å². The predicted molar refractivity (Wildman–Crippen MR) is 83.8 cm³/mol. The van der Waals surface area contributed by atoms with E-state index in [2.05, 4.69) is 14.1 Å². The average molecular weight is 424 g/mol. The number of halogens is 5. The molecule has 28 heavy (non-hydrogen) atoms. The lowest BCUT2D eigenvalue weighted by Crippen LogP contribution is -2.40. The molecule has 0 saturated carbocycles. The topological polar surface area (TPSA) is 92.9 Å². The zero-order chi connectivity index (χ0) is 21.0. The summed E-state index contributed by atoms with van der Waals surface area (Å²) < 4.78 is 89.4. The minimum atomic E-state index is -5.57. The van der Waals surface area contributed by atoms with Crippen molar-refractivity contribution in [3.8, 4) is 0 Å². The van der Waals surface area contributed by atoms with E-state index in [0.29, 0.717) is 5.56 Å². The summed E-state index contributed by atoms with van der Waals surface area (Å²) in [6, 6.07) is 9.12. The summed E-state index contributed by atoms with van der Waals surface area (Å²) in [7, 11) is -3.68. The Bertz CT molecular complexity index is 947. The number of aromatic amines is 1. The number of ether oxygens (including phenoxy) is 1. The van der Waals surface area contributed by atoms with Gasteiger partial charge in [0.15, 0.2) is 12.4 Å². The molecule has 1 aromatic carbocycles. The molecule has 1 N–H and O–H groups in total. The van der Waals surface area contributed by atoms with Gasteiger partial charge in [0.1, 0.15) is 6.61 Å². The maximum atomic E-state index is 12.4. The van der Waals surface area contributed by atoms with Crippen molar-refractivity contribution in [2.45, 2.75) is 23.6 Å². The van der Waals surface area contributed by atoms with Crippen LogP contribution >= 0.6 is 0 Å². The normalized spacial score (nSPS) is 15.2. The fourth-order valence-electron chi connectivity index (χ4n) is 1.97. The molecule has 152 valence electrons. The van der Waals surface area contributed by atoms with Gasteiger partial charge in [0, 0.05) is 23.1 Å². The van der Waals surface area contributed by atoms with Crippen molar-refractivity contribution in [2.24, 2.45) is 4.40 Å². The molecule has 1 aromatic heterocycles. The number of hydrogen-bond donors (Lipinski definition) is 0. The quantitative estimate of drug-likeness (QED) is 0.699. The van der Waals surface area contributed by atoms with Crippen molar-refractivity contribution in [3.05, 3.63) is 59.9 Å². The van der Waals surface area contributed by atoms with Gasteiger partial charge in [-0.15, -0.1) is 0 Å². The van der Waals surface area contributed by atoms with Crippen molar-refractivity contribution in [2.75, 3.05) is 6.61 Å². The van der Waals surface area contributed by atoms with Crippen molar-refractivity contribution in [3.63, 3.8) is 0 Å².